The fourth-order valence-electron chi connectivity index (χ4n) is 8.09. The van der Waals surface area contributed by atoms with Crippen molar-refractivity contribution in [1.82, 2.24) is 5.32 Å². The number of ether oxygens (including phenoxy) is 3. The summed E-state index contributed by atoms with van der Waals surface area (Å²) in [6.07, 6.45) is 2.22. The predicted molar refractivity (Wildman–Crippen MR) is 137 cm³/mol. The van der Waals surface area contributed by atoms with Crippen molar-refractivity contribution in [3.63, 3.8) is 0 Å². The third-order valence-corrected chi connectivity index (χ3v) is 10.1. The Bertz CT molecular complexity index is 1200. The van der Waals surface area contributed by atoms with Gasteiger partial charge in [0, 0.05) is 30.7 Å². The average Bonchev–Trinajstić information content (AvgIpc) is 3.74. The number of hydrogen-bond donors (Lipinski definition) is 2. The number of amides is 1. The van der Waals surface area contributed by atoms with E-state index in [0.29, 0.717) is 12.8 Å². The van der Waals surface area contributed by atoms with Crippen molar-refractivity contribution in [2.45, 2.75) is 89.1 Å². The summed E-state index contributed by atoms with van der Waals surface area (Å²) in [6.45, 7) is 8.78. The average molecular weight is 524 g/mol. The van der Waals surface area contributed by atoms with Gasteiger partial charge in [0.25, 0.3) is 0 Å². The molecule has 204 valence electrons. The van der Waals surface area contributed by atoms with E-state index in [1.54, 1.807) is 13.0 Å². The largest absolute Gasteiger partial charge is 0.457 e. The first kappa shape index (κ1) is 25.7. The zero-order valence-electron chi connectivity index (χ0n) is 22.5. The highest BCUT2D eigenvalue weighted by Gasteiger charge is 2.82. The van der Waals surface area contributed by atoms with Crippen LogP contribution in [0, 0.1) is 29.1 Å². The molecule has 38 heavy (non-hydrogen) atoms. The van der Waals surface area contributed by atoms with Crippen LogP contribution < -0.4 is 5.32 Å². The second kappa shape index (κ2) is 8.47. The maximum Gasteiger partial charge on any atom is 0.303 e. The second-order valence-corrected chi connectivity index (χ2v) is 12.4. The summed E-state index contributed by atoms with van der Waals surface area (Å²) < 4.78 is 18.6. The highest BCUT2D eigenvalue weighted by Crippen LogP contribution is 2.69. The molecule has 0 unspecified atom stereocenters. The number of epoxide rings is 2. The number of nitrogens with one attached hydrogen (secondary N) is 1. The first-order valence-corrected chi connectivity index (χ1v) is 13.7. The molecule has 1 spiro atoms. The third kappa shape index (κ3) is 3.63. The molecule has 12 atom stereocenters. The lowest BCUT2D eigenvalue weighted by molar-refractivity contribution is -0.166. The Balaban J connectivity index is 1.53. The molecule has 2 N–H and O–H groups in total. The second-order valence-electron chi connectivity index (χ2n) is 12.4. The maximum atomic E-state index is 14.4. The van der Waals surface area contributed by atoms with Crippen molar-refractivity contribution in [3.05, 3.63) is 48.0 Å². The number of carbonyl (C=O) groups is 3. The van der Waals surface area contributed by atoms with E-state index in [4.69, 9.17) is 14.2 Å². The summed E-state index contributed by atoms with van der Waals surface area (Å²) in [5.41, 5.74) is -2.30. The SMILES string of the molecule is CC(=O)O[C@@H]1/C=C/[C@@](C)(O)C(=O)[C@@H](C)C[C@H]2O[C@@H]2[C@H]2[C@@H]3O[C@]3(C)[C@@H](C)[C@H]3[C@H](Cc4ccccc4)NC(=O)[C@]321. The molecule has 8 heteroatoms. The van der Waals surface area contributed by atoms with E-state index in [0.717, 1.165) is 5.56 Å². The Hall–Kier alpha value is -2.55. The van der Waals surface area contributed by atoms with Gasteiger partial charge in [0.05, 0.1) is 23.9 Å². The van der Waals surface area contributed by atoms with Crippen molar-refractivity contribution in [3.8, 4) is 0 Å². The number of benzene rings is 1. The highest BCUT2D eigenvalue weighted by molar-refractivity contribution is 5.91. The van der Waals surface area contributed by atoms with Crippen molar-refractivity contribution >= 4 is 17.7 Å². The fourth-order valence-corrected chi connectivity index (χ4v) is 8.09. The van der Waals surface area contributed by atoms with E-state index < -0.39 is 34.6 Å². The molecule has 3 aliphatic heterocycles. The minimum absolute atomic E-state index is 0.0359. The fraction of sp³-hybridized carbons (Fsp3) is 0.633. The Kier molecular flexibility index (Phi) is 5.73. The Labute approximate surface area is 223 Å². The first-order chi connectivity index (χ1) is 17.9. The van der Waals surface area contributed by atoms with E-state index in [9.17, 15) is 19.5 Å². The van der Waals surface area contributed by atoms with Gasteiger partial charge in [0.15, 0.2) is 5.78 Å². The van der Waals surface area contributed by atoms with Crippen LogP contribution in [0.1, 0.15) is 46.6 Å². The Morgan fingerprint density at radius 1 is 1.16 bits per heavy atom. The van der Waals surface area contributed by atoms with Gasteiger partial charge in [-0.2, -0.15) is 0 Å². The van der Waals surface area contributed by atoms with Crippen LogP contribution in [0.4, 0.5) is 0 Å². The van der Waals surface area contributed by atoms with Crippen LogP contribution in [0.2, 0.25) is 0 Å². The van der Waals surface area contributed by atoms with Crippen molar-refractivity contribution in [1.29, 1.82) is 0 Å². The lowest BCUT2D eigenvalue weighted by Crippen LogP contribution is -2.62. The molecular weight excluding hydrogens is 486 g/mol. The van der Waals surface area contributed by atoms with Crippen LogP contribution in [-0.4, -0.2) is 64.4 Å². The van der Waals surface area contributed by atoms with Crippen LogP contribution in [0.5, 0.6) is 0 Å². The summed E-state index contributed by atoms with van der Waals surface area (Å²) in [6, 6.07) is 9.80. The summed E-state index contributed by atoms with van der Waals surface area (Å²) in [4.78, 5) is 40.1. The number of esters is 1. The summed E-state index contributed by atoms with van der Waals surface area (Å²) in [7, 11) is 0. The van der Waals surface area contributed by atoms with Gasteiger partial charge < -0.3 is 24.6 Å². The molecule has 1 saturated carbocycles. The number of carbonyl (C=O) groups excluding carboxylic acids is 3. The lowest BCUT2D eigenvalue weighted by atomic mass is 9.50. The van der Waals surface area contributed by atoms with Gasteiger partial charge in [-0.25, -0.2) is 0 Å². The molecule has 6 rings (SSSR count). The standard InChI is InChI=1S/C30H37NO7/c1-15-13-20-24(37-20)23-26-29(5,38-26)16(2)22-19(14-18-9-7-6-8-10-18)31-27(34)30(22,23)21(36-17(3)32)11-12-28(4,35)25(15)33/h6-12,15-16,19-24,26,35H,13-14H2,1-5H3,(H,31,34)/b12-11+/t15-,16-,19-,20+,21+,22-,23-,24-,26-,28+,29+,30+/m0/s1. The smallest absolute Gasteiger partial charge is 0.303 e. The zero-order valence-corrected chi connectivity index (χ0v) is 22.5. The molecule has 1 aromatic carbocycles. The molecule has 4 fully saturated rings. The van der Waals surface area contributed by atoms with Crippen LogP contribution >= 0.6 is 0 Å². The number of rotatable bonds is 3. The molecule has 0 radical (unpaired) electrons. The normalized spacial score (nSPS) is 49.8. The Morgan fingerprint density at radius 3 is 2.55 bits per heavy atom. The first-order valence-electron chi connectivity index (χ1n) is 13.7. The number of Topliss-reactive ketones (excluding diaryl/α,β-unsaturated/α-hetero) is 1. The van der Waals surface area contributed by atoms with Crippen LogP contribution in [0.25, 0.3) is 0 Å². The molecule has 1 amide bonds. The monoisotopic (exact) mass is 523 g/mol. The quantitative estimate of drug-likeness (QED) is 0.355. The van der Waals surface area contributed by atoms with Crippen molar-refractivity contribution < 1.29 is 33.7 Å². The lowest BCUT2D eigenvalue weighted by Gasteiger charge is -2.50. The van der Waals surface area contributed by atoms with Gasteiger partial charge in [-0.15, -0.1) is 0 Å². The third-order valence-electron chi connectivity index (χ3n) is 10.1. The van der Waals surface area contributed by atoms with Crippen molar-refractivity contribution in [2.24, 2.45) is 29.1 Å². The topological polar surface area (TPSA) is 118 Å². The minimum atomic E-state index is -1.78. The van der Waals surface area contributed by atoms with E-state index in [1.165, 1.54) is 19.9 Å². The van der Waals surface area contributed by atoms with Crippen LogP contribution in [-0.2, 0) is 35.0 Å². The summed E-state index contributed by atoms with van der Waals surface area (Å²) in [5, 5.41) is 14.4. The predicted octanol–water partition coefficient (Wildman–Crippen LogP) is 2.37. The van der Waals surface area contributed by atoms with Gasteiger partial charge in [-0.05, 0) is 50.3 Å². The van der Waals surface area contributed by atoms with Gasteiger partial charge in [-0.1, -0.05) is 44.2 Å². The molecule has 8 nitrogen and oxygen atoms in total. The molecular formula is C30H37NO7. The number of ketones is 1. The summed E-state index contributed by atoms with van der Waals surface area (Å²) >= 11 is 0. The number of hydrogen-bond acceptors (Lipinski definition) is 7. The molecule has 3 saturated heterocycles. The van der Waals surface area contributed by atoms with E-state index in [-0.39, 0.29) is 53.8 Å². The van der Waals surface area contributed by atoms with E-state index in [1.807, 2.05) is 30.3 Å². The van der Waals surface area contributed by atoms with Gasteiger partial charge in [0.2, 0.25) is 5.91 Å². The molecule has 1 aromatic rings. The van der Waals surface area contributed by atoms with E-state index in [2.05, 4.69) is 19.2 Å². The Morgan fingerprint density at radius 2 is 1.87 bits per heavy atom. The number of aliphatic hydroxyl groups is 1. The molecule has 5 aliphatic rings. The highest BCUT2D eigenvalue weighted by atomic mass is 16.6. The van der Waals surface area contributed by atoms with Gasteiger partial charge in [-0.3, -0.25) is 14.4 Å². The molecule has 3 heterocycles. The molecule has 2 aliphatic carbocycles. The molecule has 0 bridgehead atoms. The van der Waals surface area contributed by atoms with Crippen LogP contribution in [0.15, 0.2) is 42.5 Å². The minimum Gasteiger partial charge on any atom is -0.457 e. The maximum absolute atomic E-state index is 14.4. The van der Waals surface area contributed by atoms with Crippen LogP contribution in [0.3, 0.4) is 0 Å². The van der Waals surface area contributed by atoms with E-state index >= 15 is 0 Å². The zero-order chi connectivity index (χ0) is 27.2. The number of fused-ring (bicyclic) bond motifs is 4. The van der Waals surface area contributed by atoms with Gasteiger partial charge in [0.1, 0.15) is 17.1 Å². The van der Waals surface area contributed by atoms with Crippen molar-refractivity contribution in [2.75, 3.05) is 0 Å². The van der Waals surface area contributed by atoms with Gasteiger partial charge >= 0.3 is 5.97 Å². The summed E-state index contributed by atoms with van der Waals surface area (Å²) in [5.74, 6) is -2.17. The molecule has 0 aromatic heterocycles.